The molecule has 19 heavy (non-hydrogen) atoms. The quantitative estimate of drug-likeness (QED) is 0.811. The van der Waals surface area contributed by atoms with E-state index in [2.05, 4.69) is 0 Å². The Morgan fingerprint density at radius 3 is 2.00 bits per heavy atom. The van der Waals surface area contributed by atoms with Crippen LogP contribution in [0, 0.1) is 0 Å². The van der Waals surface area contributed by atoms with Gasteiger partial charge in [0.1, 0.15) is 0 Å². The van der Waals surface area contributed by atoms with Gasteiger partial charge in [0.2, 0.25) is 0 Å². The second-order valence-electron chi connectivity index (χ2n) is 3.54. The van der Waals surface area contributed by atoms with Gasteiger partial charge in [-0.05, 0) is 31.2 Å². The zero-order valence-electron chi connectivity index (χ0n) is 9.67. The maximum Gasteiger partial charge on any atom is 0.471 e. The van der Waals surface area contributed by atoms with Crippen molar-refractivity contribution in [3.05, 3.63) is 29.8 Å². The molecule has 0 aliphatic carbocycles. The third-order valence-corrected chi connectivity index (χ3v) is 2.03. The third kappa shape index (κ3) is 4.41. The van der Waals surface area contributed by atoms with E-state index in [1.54, 1.807) is 0 Å². The van der Waals surface area contributed by atoms with Gasteiger partial charge in [-0.25, -0.2) is 4.79 Å². The van der Waals surface area contributed by atoms with E-state index in [0.29, 0.717) is 5.56 Å². The lowest BCUT2D eigenvalue weighted by Crippen LogP contribution is -2.42. The van der Waals surface area contributed by atoms with Gasteiger partial charge < -0.3 is 5.32 Å². The van der Waals surface area contributed by atoms with Crippen LogP contribution >= 0.6 is 0 Å². The molecule has 3 amide bonds. The van der Waals surface area contributed by atoms with Crippen LogP contribution in [0.2, 0.25) is 0 Å². The highest BCUT2D eigenvalue weighted by Crippen LogP contribution is 2.14. The Bertz CT molecular complexity index is 509. The molecular weight excluding hydrogens is 265 g/mol. The molecule has 0 aromatic heterocycles. The van der Waals surface area contributed by atoms with Crippen molar-refractivity contribution in [2.24, 2.45) is 0 Å². The van der Waals surface area contributed by atoms with E-state index in [0.717, 1.165) is 5.32 Å². The Kier molecular flexibility index (Phi) is 4.26. The average Bonchev–Trinajstić information content (AvgIpc) is 2.28. The Balaban J connectivity index is 2.63. The lowest BCUT2D eigenvalue weighted by Gasteiger charge is -2.08. The number of carbonyl (C=O) groups is 3. The lowest BCUT2D eigenvalue weighted by molar-refractivity contribution is -0.172. The number of alkyl halides is 3. The summed E-state index contributed by atoms with van der Waals surface area (Å²) in [4.78, 5) is 32.5. The van der Waals surface area contributed by atoms with Gasteiger partial charge in [0.15, 0.2) is 5.78 Å². The highest BCUT2D eigenvalue weighted by atomic mass is 19.4. The molecule has 0 saturated carbocycles. The fourth-order valence-corrected chi connectivity index (χ4v) is 1.12. The molecule has 0 bridgehead atoms. The smallest absolute Gasteiger partial charge is 0.308 e. The second-order valence-corrected chi connectivity index (χ2v) is 3.54. The SMILES string of the molecule is CC(=O)c1ccc(NC(=O)NC(=O)C(F)(F)F)cc1. The zero-order valence-corrected chi connectivity index (χ0v) is 9.67. The molecule has 0 saturated heterocycles. The summed E-state index contributed by atoms with van der Waals surface area (Å²) in [5, 5.41) is 3.15. The molecule has 8 heteroatoms. The topological polar surface area (TPSA) is 75.3 Å². The second kappa shape index (κ2) is 5.51. The number of ketones is 1. The van der Waals surface area contributed by atoms with Crippen LogP contribution in [-0.4, -0.2) is 23.9 Å². The number of urea groups is 1. The van der Waals surface area contributed by atoms with Gasteiger partial charge in [0.25, 0.3) is 0 Å². The van der Waals surface area contributed by atoms with Crippen LogP contribution < -0.4 is 10.6 Å². The summed E-state index contributed by atoms with van der Waals surface area (Å²) in [6.45, 7) is 1.34. The number of hydrogen-bond donors (Lipinski definition) is 2. The normalized spacial score (nSPS) is 10.7. The molecular formula is C11H9F3N2O3. The number of imide groups is 1. The van der Waals surface area contributed by atoms with Crippen molar-refractivity contribution in [2.75, 3.05) is 5.32 Å². The van der Waals surface area contributed by atoms with Crippen molar-refractivity contribution in [1.82, 2.24) is 5.32 Å². The molecule has 0 atom stereocenters. The number of anilines is 1. The predicted molar refractivity (Wildman–Crippen MR) is 59.7 cm³/mol. The van der Waals surface area contributed by atoms with Crippen molar-refractivity contribution < 1.29 is 27.6 Å². The lowest BCUT2D eigenvalue weighted by atomic mass is 10.1. The van der Waals surface area contributed by atoms with Crippen LogP contribution in [0.25, 0.3) is 0 Å². The van der Waals surface area contributed by atoms with Gasteiger partial charge in [0.05, 0.1) is 0 Å². The van der Waals surface area contributed by atoms with Crippen LogP contribution in [0.4, 0.5) is 23.7 Å². The highest BCUT2D eigenvalue weighted by Gasteiger charge is 2.39. The number of Topliss-reactive ketones (excluding diaryl/α,β-unsaturated/α-hetero) is 1. The molecule has 1 aromatic carbocycles. The van der Waals surface area contributed by atoms with E-state index in [4.69, 9.17) is 0 Å². The number of rotatable bonds is 2. The van der Waals surface area contributed by atoms with Crippen LogP contribution in [0.5, 0.6) is 0 Å². The molecule has 102 valence electrons. The molecule has 0 heterocycles. The summed E-state index contributed by atoms with van der Waals surface area (Å²) in [5.74, 6) is -2.55. The fourth-order valence-electron chi connectivity index (χ4n) is 1.12. The van der Waals surface area contributed by atoms with Gasteiger partial charge in [-0.15, -0.1) is 0 Å². The van der Waals surface area contributed by atoms with E-state index in [9.17, 15) is 27.6 Å². The Hall–Kier alpha value is -2.38. The first-order valence-electron chi connectivity index (χ1n) is 5.00. The molecule has 0 aliphatic rings. The van der Waals surface area contributed by atoms with Crippen LogP contribution in [0.3, 0.4) is 0 Å². The monoisotopic (exact) mass is 274 g/mol. The first-order chi connectivity index (χ1) is 8.70. The Morgan fingerprint density at radius 2 is 1.58 bits per heavy atom. The minimum atomic E-state index is -5.13. The summed E-state index contributed by atoms with van der Waals surface area (Å²) < 4.78 is 35.6. The highest BCUT2D eigenvalue weighted by molar-refractivity contribution is 6.03. The van der Waals surface area contributed by atoms with Crippen molar-refractivity contribution in [1.29, 1.82) is 0 Å². The summed E-state index contributed by atoms with van der Waals surface area (Å²) in [5.41, 5.74) is 0.537. The summed E-state index contributed by atoms with van der Waals surface area (Å²) >= 11 is 0. The standard InChI is InChI=1S/C11H9F3N2O3/c1-6(17)7-2-4-8(5-3-7)15-10(19)16-9(18)11(12,13)14/h2-5H,1H3,(H2,15,16,18,19). The van der Waals surface area contributed by atoms with Gasteiger partial charge in [-0.2, -0.15) is 13.2 Å². The van der Waals surface area contributed by atoms with Gasteiger partial charge in [-0.1, -0.05) is 0 Å². The third-order valence-electron chi connectivity index (χ3n) is 2.03. The van der Waals surface area contributed by atoms with Crippen molar-refractivity contribution in [3.63, 3.8) is 0 Å². The number of nitrogens with one attached hydrogen (secondary N) is 2. The molecule has 5 nitrogen and oxygen atoms in total. The van der Waals surface area contributed by atoms with Crippen molar-refractivity contribution in [2.45, 2.75) is 13.1 Å². The number of carbonyl (C=O) groups excluding carboxylic acids is 3. The van der Waals surface area contributed by atoms with Crippen LogP contribution in [-0.2, 0) is 4.79 Å². The van der Waals surface area contributed by atoms with Gasteiger partial charge in [-0.3, -0.25) is 14.9 Å². The summed E-state index contributed by atoms with van der Waals surface area (Å²) in [6, 6.07) is 4.13. The maximum absolute atomic E-state index is 11.9. The molecule has 1 aromatic rings. The van der Waals surface area contributed by atoms with E-state index in [1.807, 2.05) is 5.32 Å². The first-order valence-corrected chi connectivity index (χ1v) is 5.00. The molecule has 0 unspecified atom stereocenters. The molecule has 0 aliphatic heterocycles. The van der Waals surface area contributed by atoms with Crippen LogP contribution in [0.1, 0.15) is 17.3 Å². The molecule has 2 N–H and O–H groups in total. The van der Waals surface area contributed by atoms with E-state index in [1.165, 1.54) is 31.2 Å². The predicted octanol–water partition coefficient (Wildman–Crippen LogP) is 2.10. The van der Waals surface area contributed by atoms with Crippen molar-refractivity contribution >= 4 is 23.4 Å². The van der Waals surface area contributed by atoms with E-state index < -0.39 is 18.1 Å². The number of hydrogen-bond acceptors (Lipinski definition) is 3. The number of halogens is 3. The Labute approximate surface area is 105 Å². The fraction of sp³-hybridized carbons (Fsp3) is 0.182. The molecule has 0 fully saturated rings. The molecule has 0 spiro atoms. The molecule has 0 radical (unpaired) electrons. The van der Waals surface area contributed by atoms with E-state index >= 15 is 0 Å². The number of benzene rings is 1. The van der Waals surface area contributed by atoms with E-state index in [-0.39, 0.29) is 11.5 Å². The summed E-state index contributed by atoms with van der Waals surface area (Å²) in [7, 11) is 0. The van der Waals surface area contributed by atoms with Gasteiger partial charge in [0, 0.05) is 11.3 Å². The minimum Gasteiger partial charge on any atom is -0.308 e. The summed E-state index contributed by atoms with van der Waals surface area (Å²) in [6.07, 6.45) is -5.13. The van der Waals surface area contributed by atoms with Crippen LogP contribution in [0.15, 0.2) is 24.3 Å². The van der Waals surface area contributed by atoms with Gasteiger partial charge >= 0.3 is 18.1 Å². The minimum absolute atomic E-state index is 0.150. The largest absolute Gasteiger partial charge is 0.471 e. The maximum atomic E-state index is 11.9. The molecule has 1 rings (SSSR count). The zero-order chi connectivity index (χ0) is 14.6. The number of amides is 3. The first kappa shape index (κ1) is 14.7. The average molecular weight is 274 g/mol. The van der Waals surface area contributed by atoms with Crippen molar-refractivity contribution in [3.8, 4) is 0 Å². The Morgan fingerprint density at radius 1 is 1.05 bits per heavy atom.